The zero-order valence-electron chi connectivity index (χ0n) is 14.2. The first kappa shape index (κ1) is 17.9. The predicted octanol–water partition coefficient (Wildman–Crippen LogP) is 6.10. The summed E-state index contributed by atoms with van der Waals surface area (Å²) in [7, 11) is 0. The van der Waals surface area contributed by atoms with Crippen molar-refractivity contribution in [1.29, 1.82) is 0 Å². The number of benzene rings is 2. The van der Waals surface area contributed by atoms with Crippen molar-refractivity contribution in [2.45, 2.75) is 39.0 Å². The highest BCUT2D eigenvalue weighted by atomic mass is 19.3. The SMILES string of the molecule is CCCC(F)(F)/C=C/c1ccc(C#Cc2ccc(CC)cc2)cc1. The minimum absolute atomic E-state index is 0.121. The molecular weight excluding hydrogens is 302 g/mol. The normalized spacial score (nSPS) is 11.3. The van der Waals surface area contributed by atoms with Crippen LogP contribution in [-0.2, 0) is 6.42 Å². The van der Waals surface area contributed by atoms with Crippen molar-refractivity contribution >= 4 is 6.08 Å². The van der Waals surface area contributed by atoms with E-state index in [1.165, 1.54) is 11.6 Å². The van der Waals surface area contributed by atoms with E-state index in [0.29, 0.717) is 6.42 Å². The van der Waals surface area contributed by atoms with E-state index in [1.807, 2.05) is 36.4 Å². The Morgan fingerprint density at radius 3 is 1.92 bits per heavy atom. The van der Waals surface area contributed by atoms with Crippen LogP contribution in [0.15, 0.2) is 54.6 Å². The van der Waals surface area contributed by atoms with Gasteiger partial charge in [-0.25, -0.2) is 8.78 Å². The van der Waals surface area contributed by atoms with Gasteiger partial charge in [0.05, 0.1) is 0 Å². The molecule has 0 atom stereocenters. The zero-order chi connectivity index (χ0) is 17.4. The summed E-state index contributed by atoms with van der Waals surface area (Å²) in [5, 5.41) is 0. The van der Waals surface area contributed by atoms with Gasteiger partial charge in [-0.05, 0) is 47.9 Å². The first-order valence-corrected chi connectivity index (χ1v) is 8.30. The van der Waals surface area contributed by atoms with Crippen molar-refractivity contribution in [3.8, 4) is 11.8 Å². The van der Waals surface area contributed by atoms with Crippen LogP contribution in [0.4, 0.5) is 8.78 Å². The topological polar surface area (TPSA) is 0 Å². The largest absolute Gasteiger partial charge is 0.266 e. The van der Waals surface area contributed by atoms with Crippen molar-refractivity contribution in [1.82, 2.24) is 0 Å². The Hall–Kier alpha value is -2.40. The number of halogens is 2. The number of allylic oxidation sites excluding steroid dienone is 1. The lowest BCUT2D eigenvalue weighted by atomic mass is 10.1. The van der Waals surface area contributed by atoms with Crippen LogP contribution in [0.1, 0.15) is 48.9 Å². The second-order valence-electron chi connectivity index (χ2n) is 5.77. The van der Waals surface area contributed by atoms with Crippen molar-refractivity contribution in [3.63, 3.8) is 0 Å². The molecule has 0 amide bonds. The molecule has 0 nitrogen and oxygen atoms in total. The lowest BCUT2D eigenvalue weighted by Crippen LogP contribution is -2.10. The third kappa shape index (κ3) is 5.66. The van der Waals surface area contributed by atoms with Crippen molar-refractivity contribution in [2.75, 3.05) is 0 Å². The van der Waals surface area contributed by atoms with E-state index in [1.54, 1.807) is 6.92 Å². The van der Waals surface area contributed by atoms with Gasteiger partial charge in [-0.1, -0.05) is 62.5 Å². The van der Waals surface area contributed by atoms with Crippen LogP contribution in [0.25, 0.3) is 6.08 Å². The number of aryl methyl sites for hydroxylation is 1. The fourth-order valence-electron chi connectivity index (χ4n) is 2.28. The molecule has 0 radical (unpaired) electrons. The first-order chi connectivity index (χ1) is 11.5. The minimum Gasteiger partial charge on any atom is -0.202 e. The van der Waals surface area contributed by atoms with Gasteiger partial charge in [-0.15, -0.1) is 0 Å². The molecule has 0 aliphatic carbocycles. The predicted molar refractivity (Wildman–Crippen MR) is 97.1 cm³/mol. The van der Waals surface area contributed by atoms with Gasteiger partial charge < -0.3 is 0 Å². The van der Waals surface area contributed by atoms with Crippen molar-refractivity contribution in [2.24, 2.45) is 0 Å². The molecule has 2 heteroatoms. The maximum Gasteiger partial charge on any atom is 0.266 e. The highest BCUT2D eigenvalue weighted by Crippen LogP contribution is 2.23. The van der Waals surface area contributed by atoms with Crippen LogP contribution in [0.3, 0.4) is 0 Å². The van der Waals surface area contributed by atoms with Crippen LogP contribution in [0.5, 0.6) is 0 Å². The molecule has 0 heterocycles. The smallest absolute Gasteiger partial charge is 0.202 e. The molecule has 0 spiro atoms. The summed E-state index contributed by atoms with van der Waals surface area (Å²) in [5.74, 6) is 3.47. The molecule has 0 unspecified atom stereocenters. The molecule has 2 rings (SSSR count). The fourth-order valence-corrected chi connectivity index (χ4v) is 2.28. The Labute approximate surface area is 143 Å². The van der Waals surface area contributed by atoms with E-state index < -0.39 is 5.92 Å². The summed E-state index contributed by atoms with van der Waals surface area (Å²) in [6, 6.07) is 15.5. The van der Waals surface area contributed by atoms with Gasteiger partial charge in [-0.3, -0.25) is 0 Å². The van der Waals surface area contributed by atoms with Crippen molar-refractivity contribution in [3.05, 3.63) is 76.9 Å². The molecule has 2 aromatic carbocycles. The Kier molecular flexibility index (Phi) is 6.32. The molecule has 0 aromatic heterocycles. The molecular formula is C22H22F2. The third-order valence-electron chi connectivity index (χ3n) is 3.73. The van der Waals surface area contributed by atoms with E-state index in [4.69, 9.17) is 0 Å². The monoisotopic (exact) mass is 324 g/mol. The van der Waals surface area contributed by atoms with Gasteiger partial charge in [0, 0.05) is 17.5 Å². The van der Waals surface area contributed by atoms with E-state index in [-0.39, 0.29) is 6.42 Å². The van der Waals surface area contributed by atoms with Gasteiger partial charge in [0.15, 0.2) is 0 Å². The summed E-state index contributed by atoms with van der Waals surface area (Å²) in [5.41, 5.74) is 3.88. The van der Waals surface area contributed by atoms with Crippen LogP contribution >= 0.6 is 0 Å². The summed E-state index contributed by atoms with van der Waals surface area (Å²) >= 11 is 0. The Morgan fingerprint density at radius 1 is 0.875 bits per heavy atom. The molecule has 0 aliphatic rings. The first-order valence-electron chi connectivity index (χ1n) is 8.30. The second-order valence-corrected chi connectivity index (χ2v) is 5.77. The van der Waals surface area contributed by atoms with Crippen LogP contribution in [0.2, 0.25) is 0 Å². The van der Waals surface area contributed by atoms with Gasteiger partial charge in [0.25, 0.3) is 5.92 Å². The molecule has 24 heavy (non-hydrogen) atoms. The average Bonchev–Trinajstić information content (AvgIpc) is 2.59. The molecule has 124 valence electrons. The Bertz CT molecular complexity index is 726. The molecule has 0 saturated carbocycles. The maximum atomic E-state index is 13.4. The summed E-state index contributed by atoms with van der Waals surface area (Å²) < 4.78 is 26.9. The molecule has 2 aromatic rings. The van der Waals surface area contributed by atoms with Crippen molar-refractivity contribution < 1.29 is 8.78 Å². The van der Waals surface area contributed by atoms with Crippen LogP contribution in [0, 0.1) is 11.8 Å². The molecule has 0 bridgehead atoms. The standard InChI is InChI=1S/C22H22F2/c1-3-16-22(23,24)17-15-21-13-11-20(12-14-21)10-9-19-7-5-18(4-2)6-8-19/h5-8,11-15,17H,3-4,16H2,1-2H3/b17-15+. The molecule has 0 saturated heterocycles. The summed E-state index contributed by atoms with van der Waals surface area (Å²) in [4.78, 5) is 0. The molecule has 0 fully saturated rings. The average molecular weight is 324 g/mol. The van der Waals surface area contributed by atoms with Gasteiger partial charge in [-0.2, -0.15) is 0 Å². The molecule has 0 N–H and O–H groups in total. The fraction of sp³-hybridized carbons (Fsp3) is 0.273. The van der Waals surface area contributed by atoms with Gasteiger partial charge >= 0.3 is 0 Å². The number of alkyl halides is 2. The van der Waals surface area contributed by atoms with Crippen LogP contribution in [-0.4, -0.2) is 5.92 Å². The highest BCUT2D eigenvalue weighted by Gasteiger charge is 2.22. The maximum absolute atomic E-state index is 13.4. The Morgan fingerprint density at radius 2 is 1.42 bits per heavy atom. The summed E-state index contributed by atoms with van der Waals surface area (Å²) in [6.07, 6.45) is 3.80. The lowest BCUT2D eigenvalue weighted by molar-refractivity contribution is 0.0458. The highest BCUT2D eigenvalue weighted by molar-refractivity contribution is 5.53. The number of rotatable bonds is 5. The van der Waals surface area contributed by atoms with Gasteiger partial charge in [0.1, 0.15) is 0 Å². The summed E-state index contributed by atoms with van der Waals surface area (Å²) in [6.45, 7) is 3.87. The van der Waals surface area contributed by atoms with E-state index in [0.717, 1.165) is 29.2 Å². The third-order valence-corrected chi connectivity index (χ3v) is 3.73. The molecule has 0 aliphatic heterocycles. The van der Waals surface area contributed by atoms with Gasteiger partial charge in [0.2, 0.25) is 0 Å². The number of hydrogen-bond acceptors (Lipinski definition) is 0. The van der Waals surface area contributed by atoms with E-state index >= 15 is 0 Å². The minimum atomic E-state index is -2.74. The second kappa shape index (κ2) is 8.45. The van der Waals surface area contributed by atoms with E-state index in [9.17, 15) is 8.78 Å². The quantitative estimate of drug-likeness (QED) is 0.583. The Balaban J connectivity index is 2.04. The zero-order valence-corrected chi connectivity index (χ0v) is 14.2. The number of hydrogen-bond donors (Lipinski definition) is 0. The van der Waals surface area contributed by atoms with Crippen LogP contribution < -0.4 is 0 Å². The van der Waals surface area contributed by atoms with E-state index in [2.05, 4.69) is 30.9 Å². The lowest BCUT2D eigenvalue weighted by Gasteiger charge is -2.09.